The summed E-state index contributed by atoms with van der Waals surface area (Å²) in [7, 11) is 0. The summed E-state index contributed by atoms with van der Waals surface area (Å²) < 4.78 is 0. The second-order valence-corrected chi connectivity index (χ2v) is 3.72. The molecule has 0 heterocycles. The lowest BCUT2D eigenvalue weighted by Gasteiger charge is -2.04. The van der Waals surface area contributed by atoms with E-state index in [2.05, 4.69) is 24.5 Å². The molecule has 0 atom stereocenters. The van der Waals surface area contributed by atoms with E-state index in [-0.39, 0.29) is 0 Å². The molecule has 0 aromatic rings. The first-order valence-corrected chi connectivity index (χ1v) is 6.12. The molecule has 0 aromatic heterocycles. The Balaban J connectivity index is 2.78. The van der Waals surface area contributed by atoms with Crippen molar-refractivity contribution in [2.45, 2.75) is 45.4 Å². The molecule has 0 saturated heterocycles. The zero-order chi connectivity index (χ0) is 10.5. The molecular weight excluding hydrogens is 172 g/mol. The lowest BCUT2D eigenvalue weighted by molar-refractivity contribution is 0.565. The predicted octanol–water partition coefficient (Wildman–Crippen LogP) is 2.36. The SMILES string of the molecule is [CH2]CCCCNCCCCCNCC. The second kappa shape index (κ2) is 12.9. The molecule has 0 aliphatic carbocycles. The molecule has 0 aromatic carbocycles. The molecule has 2 heteroatoms. The number of hydrogen-bond donors (Lipinski definition) is 2. The summed E-state index contributed by atoms with van der Waals surface area (Å²) in [6.07, 6.45) is 7.58. The summed E-state index contributed by atoms with van der Waals surface area (Å²) in [6, 6.07) is 0. The third kappa shape index (κ3) is 11.9. The lowest BCUT2D eigenvalue weighted by Crippen LogP contribution is -2.17. The third-order valence-corrected chi connectivity index (χ3v) is 2.31. The molecule has 0 aliphatic heterocycles. The van der Waals surface area contributed by atoms with Crippen LogP contribution in [-0.4, -0.2) is 26.2 Å². The average molecular weight is 199 g/mol. The van der Waals surface area contributed by atoms with E-state index in [4.69, 9.17) is 0 Å². The van der Waals surface area contributed by atoms with Crippen LogP contribution in [0.5, 0.6) is 0 Å². The van der Waals surface area contributed by atoms with E-state index >= 15 is 0 Å². The maximum atomic E-state index is 3.83. The molecule has 1 radical (unpaired) electrons. The van der Waals surface area contributed by atoms with Gasteiger partial charge in [0.25, 0.3) is 0 Å². The number of rotatable bonds is 11. The highest BCUT2D eigenvalue weighted by Crippen LogP contribution is 1.94. The van der Waals surface area contributed by atoms with Crippen molar-refractivity contribution < 1.29 is 0 Å². The molecule has 0 unspecified atom stereocenters. The second-order valence-electron chi connectivity index (χ2n) is 3.72. The van der Waals surface area contributed by atoms with Gasteiger partial charge in [0.1, 0.15) is 0 Å². The van der Waals surface area contributed by atoms with Gasteiger partial charge < -0.3 is 10.6 Å². The molecule has 85 valence electrons. The van der Waals surface area contributed by atoms with Crippen molar-refractivity contribution in [2.75, 3.05) is 26.2 Å². The van der Waals surface area contributed by atoms with Crippen LogP contribution < -0.4 is 10.6 Å². The van der Waals surface area contributed by atoms with Gasteiger partial charge in [0.15, 0.2) is 0 Å². The van der Waals surface area contributed by atoms with Gasteiger partial charge in [-0.15, -0.1) is 0 Å². The van der Waals surface area contributed by atoms with Crippen molar-refractivity contribution in [2.24, 2.45) is 0 Å². The molecular formula is C12H27N2. The summed E-state index contributed by atoms with van der Waals surface area (Å²) >= 11 is 0. The molecule has 0 amide bonds. The molecule has 14 heavy (non-hydrogen) atoms. The molecule has 0 rings (SSSR count). The van der Waals surface area contributed by atoms with Crippen molar-refractivity contribution in [3.63, 3.8) is 0 Å². The van der Waals surface area contributed by atoms with E-state index in [1.54, 1.807) is 0 Å². The zero-order valence-corrected chi connectivity index (χ0v) is 9.78. The molecule has 0 bridgehead atoms. The Kier molecular flexibility index (Phi) is 12.8. The Bertz CT molecular complexity index is 82.3. The van der Waals surface area contributed by atoms with Gasteiger partial charge in [0.05, 0.1) is 0 Å². The number of unbranched alkanes of at least 4 members (excludes halogenated alkanes) is 4. The minimum Gasteiger partial charge on any atom is -0.317 e. The van der Waals surface area contributed by atoms with Crippen LogP contribution in [0.25, 0.3) is 0 Å². The van der Waals surface area contributed by atoms with Gasteiger partial charge in [-0.1, -0.05) is 33.1 Å². The normalized spacial score (nSPS) is 10.7. The highest BCUT2D eigenvalue weighted by atomic mass is 14.8. The summed E-state index contributed by atoms with van der Waals surface area (Å²) in [4.78, 5) is 0. The Morgan fingerprint density at radius 1 is 0.786 bits per heavy atom. The fraction of sp³-hybridized carbons (Fsp3) is 0.917. The first-order valence-electron chi connectivity index (χ1n) is 6.12. The molecule has 0 saturated carbocycles. The monoisotopic (exact) mass is 199 g/mol. The number of nitrogens with one attached hydrogen (secondary N) is 2. The standard InChI is InChI=1S/C12H27N2/c1-3-5-7-11-14-12-9-6-8-10-13-4-2/h13-14H,1,3-12H2,2H3. The van der Waals surface area contributed by atoms with Gasteiger partial charge in [-0.2, -0.15) is 0 Å². The maximum absolute atomic E-state index is 3.83. The quantitative estimate of drug-likeness (QED) is 0.499. The largest absolute Gasteiger partial charge is 0.317 e. The molecule has 2 nitrogen and oxygen atoms in total. The van der Waals surface area contributed by atoms with Crippen molar-refractivity contribution in [1.29, 1.82) is 0 Å². The van der Waals surface area contributed by atoms with Gasteiger partial charge in [-0.3, -0.25) is 0 Å². The molecule has 0 spiro atoms. The smallest absolute Gasteiger partial charge is 0.00489 e. The zero-order valence-electron chi connectivity index (χ0n) is 9.78. The summed E-state index contributed by atoms with van der Waals surface area (Å²) in [5, 5.41) is 6.80. The maximum Gasteiger partial charge on any atom is -0.00489 e. The lowest BCUT2D eigenvalue weighted by atomic mass is 10.2. The average Bonchev–Trinajstić information content (AvgIpc) is 2.21. The molecule has 2 N–H and O–H groups in total. The van der Waals surface area contributed by atoms with Crippen LogP contribution in [0.1, 0.15) is 45.4 Å². The van der Waals surface area contributed by atoms with Crippen LogP contribution in [0.2, 0.25) is 0 Å². The summed E-state index contributed by atoms with van der Waals surface area (Å²) in [6.45, 7) is 10.6. The Labute approximate surface area is 89.9 Å². The fourth-order valence-electron chi connectivity index (χ4n) is 1.41. The van der Waals surface area contributed by atoms with Crippen LogP contribution in [-0.2, 0) is 0 Å². The molecule has 0 aliphatic rings. The Hall–Kier alpha value is -0.0800. The van der Waals surface area contributed by atoms with E-state index in [1.165, 1.54) is 51.7 Å². The predicted molar refractivity (Wildman–Crippen MR) is 64.5 cm³/mol. The van der Waals surface area contributed by atoms with Crippen LogP contribution in [0, 0.1) is 6.92 Å². The van der Waals surface area contributed by atoms with Crippen LogP contribution in [0.4, 0.5) is 0 Å². The van der Waals surface area contributed by atoms with Crippen molar-refractivity contribution in [1.82, 2.24) is 10.6 Å². The number of hydrogen-bond acceptors (Lipinski definition) is 2. The first kappa shape index (κ1) is 13.9. The summed E-state index contributed by atoms with van der Waals surface area (Å²) in [5.74, 6) is 0. The van der Waals surface area contributed by atoms with E-state index < -0.39 is 0 Å². The van der Waals surface area contributed by atoms with Gasteiger partial charge in [0.2, 0.25) is 0 Å². The van der Waals surface area contributed by atoms with E-state index in [9.17, 15) is 0 Å². The van der Waals surface area contributed by atoms with Gasteiger partial charge in [-0.05, 0) is 45.4 Å². The van der Waals surface area contributed by atoms with Gasteiger partial charge >= 0.3 is 0 Å². The fourth-order valence-corrected chi connectivity index (χ4v) is 1.41. The topological polar surface area (TPSA) is 24.1 Å². The summed E-state index contributed by atoms with van der Waals surface area (Å²) in [5.41, 5.74) is 0. The van der Waals surface area contributed by atoms with Crippen molar-refractivity contribution >= 4 is 0 Å². The third-order valence-electron chi connectivity index (χ3n) is 2.31. The van der Waals surface area contributed by atoms with E-state index in [1.807, 2.05) is 0 Å². The highest BCUT2D eigenvalue weighted by molar-refractivity contribution is 4.52. The van der Waals surface area contributed by atoms with Crippen molar-refractivity contribution in [3.05, 3.63) is 6.92 Å². The van der Waals surface area contributed by atoms with Crippen molar-refractivity contribution in [3.8, 4) is 0 Å². The minimum absolute atomic E-state index is 1.07. The molecule has 0 fully saturated rings. The van der Waals surface area contributed by atoms with Crippen LogP contribution >= 0.6 is 0 Å². The van der Waals surface area contributed by atoms with Gasteiger partial charge in [0, 0.05) is 0 Å². The van der Waals surface area contributed by atoms with Crippen LogP contribution in [0.15, 0.2) is 0 Å². The highest BCUT2D eigenvalue weighted by Gasteiger charge is 1.89. The van der Waals surface area contributed by atoms with Gasteiger partial charge in [-0.25, -0.2) is 0 Å². The first-order chi connectivity index (χ1) is 6.91. The van der Waals surface area contributed by atoms with E-state index in [0.717, 1.165) is 13.0 Å². The minimum atomic E-state index is 1.07. The Morgan fingerprint density at radius 2 is 1.36 bits per heavy atom. The van der Waals surface area contributed by atoms with E-state index in [0.29, 0.717) is 0 Å². The van der Waals surface area contributed by atoms with Crippen LogP contribution in [0.3, 0.4) is 0 Å². The Morgan fingerprint density at radius 3 is 1.93 bits per heavy atom.